The third kappa shape index (κ3) is 1.86. The molecule has 5 heteroatoms. The van der Waals surface area contributed by atoms with Gasteiger partial charge in [-0.15, -0.1) is 0 Å². The molecular formula is C14H12BNO2S. The zero-order valence-corrected chi connectivity index (χ0v) is 11.3. The summed E-state index contributed by atoms with van der Waals surface area (Å²) in [6.45, 7) is 0. The molecule has 19 heavy (non-hydrogen) atoms. The highest BCUT2D eigenvalue weighted by Crippen LogP contribution is 2.20. The van der Waals surface area contributed by atoms with E-state index < -0.39 is 10.0 Å². The largest absolute Gasteiger partial charge is 0.268 e. The lowest BCUT2D eigenvalue weighted by Gasteiger charge is -2.07. The molecule has 0 fully saturated rings. The highest BCUT2D eigenvalue weighted by molar-refractivity contribution is 7.90. The molecule has 2 aromatic carbocycles. The summed E-state index contributed by atoms with van der Waals surface area (Å²) >= 11 is 0. The smallest absolute Gasteiger partial charge is 0.242 e. The van der Waals surface area contributed by atoms with E-state index in [2.05, 4.69) is 0 Å². The van der Waals surface area contributed by atoms with Gasteiger partial charge in [0.2, 0.25) is 0 Å². The fraction of sp³-hybridized carbons (Fsp3) is 0. The molecule has 0 aliphatic carbocycles. The van der Waals surface area contributed by atoms with Gasteiger partial charge in [-0.05, 0) is 23.6 Å². The van der Waals surface area contributed by atoms with Crippen molar-refractivity contribution in [2.24, 2.45) is 0 Å². The van der Waals surface area contributed by atoms with Gasteiger partial charge in [-0.3, -0.25) is 0 Å². The van der Waals surface area contributed by atoms with E-state index in [1.54, 1.807) is 36.5 Å². The third-order valence-electron chi connectivity index (χ3n) is 3.18. The average molecular weight is 269 g/mol. The highest BCUT2D eigenvalue weighted by atomic mass is 32.2. The van der Waals surface area contributed by atoms with Crippen LogP contribution in [0, 0.1) is 0 Å². The number of fused-ring (bicyclic) bond motifs is 1. The Morgan fingerprint density at radius 1 is 0.895 bits per heavy atom. The monoisotopic (exact) mass is 269 g/mol. The summed E-state index contributed by atoms with van der Waals surface area (Å²) in [5, 5.41) is 0.960. The minimum Gasteiger partial charge on any atom is -0.242 e. The summed E-state index contributed by atoms with van der Waals surface area (Å²) in [5.74, 6) is 0. The second-order valence-electron chi connectivity index (χ2n) is 4.44. The van der Waals surface area contributed by atoms with Crippen LogP contribution in [0.5, 0.6) is 0 Å². The van der Waals surface area contributed by atoms with Crippen LogP contribution in [-0.2, 0) is 10.0 Å². The van der Waals surface area contributed by atoms with Crippen molar-refractivity contribution >= 4 is 34.2 Å². The van der Waals surface area contributed by atoms with Crippen LogP contribution in [0.3, 0.4) is 0 Å². The lowest BCUT2D eigenvalue weighted by atomic mass is 9.96. The molecule has 0 bridgehead atoms. The molecule has 0 saturated carbocycles. The molecule has 0 saturated heterocycles. The lowest BCUT2D eigenvalue weighted by Crippen LogP contribution is -2.12. The van der Waals surface area contributed by atoms with Gasteiger partial charge in [0.1, 0.15) is 7.85 Å². The first kappa shape index (κ1) is 12.1. The van der Waals surface area contributed by atoms with Crippen LogP contribution in [-0.4, -0.2) is 20.2 Å². The molecule has 0 atom stereocenters. The normalized spacial score (nSPS) is 11.8. The molecule has 94 valence electrons. The van der Waals surface area contributed by atoms with Gasteiger partial charge in [0.15, 0.2) is 0 Å². The first-order valence-electron chi connectivity index (χ1n) is 5.98. The van der Waals surface area contributed by atoms with E-state index in [0.717, 1.165) is 10.8 Å². The Morgan fingerprint density at radius 3 is 2.26 bits per heavy atom. The summed E-state index contributed by atoms with van der Waals surface area (Å²) in [4.78, 5) is 0.302. The van der Waals surface area contributed by atoms with E-state index in [-0.39, 0.29) is 0 Å². The van der Waals surface area contributed by atoms with Gasteiger partial charge in [0.05, 0.1) is 10.4 Å². The van der Waals surface area contributed by atoms with Gasteiger partial charge in [-0.1, -0.05) is 41.9 Å². The maximum absolute atomic E-state index is 12.6. The van der Waals surface area contributed by atoms with Crippen molar-refractivity contribution in [3.63, 3.8) is 0 Å². The number of nitrogens with zero attached hydrogens (tertiary/aromatic N) is 1. The summed E-state index contributed by atoms with van der Waals surface area (Å²) in [5.41, 5.74) is 1.67. The SMILES string of the molecule is Bc1cn(S(=O)(=O)c2ccccc2)c2ccccc12. The zero-order valence-electron chi connectivity index (χ0n) is 10.4. The van der Waals surface area contributed by atoms with E-state index in [0.29, 0.717) is 10.4 Å². The molecule has 0 aliphatic heterocycles. The molecule has 0 radical (unpaired) electrons. The Bertz CT molecular complexity index is 838. The van der Waals surface area contributed by atoms with Crippen LogP contribution in [0.1, 0.15) is 0 Å². The van der Waals surface area contributed by atoms with Crippen molar-refractivity contribution in [2.75, 3.05) is 0 Å². The number of hydrogen-bond donors (Lipinski definition) is 0. The number of para-hydroxylation sites is 1. The van der Waals surface area contributed by atoms with Crippen LogP contribution in [0.4, 0.5) is 0 Å². The Labute approximate surface area is 113 Å². The predicted molar refractivity (Wildman–Crippen MR) is 79.1 cm³/mol. The van der Waals surface area contributed by atoms with E-state index in [9.17, 15) is 8.42 Å². The van der Waals surface area contributed by atoms with Crippen molar-refractivity contribution < 1.29 is 8.42 Å². The number of rotatable bonds is 2. The predicted octanol–water partition coefficient (Wildman–Crippen LogP) is 1.14. The molecule has 3 rings (SSSR count). The molecule has 1 aromatic heterocycles. The quantitative estimate of drug-likeness (QED) is 0.654. The average Bonchev–Trinajstić information content (AvgIpc) is 2.79. The minimum absolute atomic E-state index is 0.302. The summed E-state index contributed by atoms with van der Waals surface area (Å²) in [6.07, 6.45) is 1.67. The van der Waals surface area contributed by atoms with Gasteiger partial charge in [-0.25, -0.2) is 12.4 Å². The molecule has 0 N–H and O–H groups in total. The molecule has 0 amide bonds. The first-order chi connectivity index (χ1) is 9.10. The van der Waals surface area contributed by atoms with E-state index in [1.165, 1.54) is 3.97 Å². The van der Waals surface area contributed by atoms with Crippen LogP contribution in [0.2, 0.25) is 0 Å². The summed E-state index contributed by atoms with van der Waals surface area (Å²) in [6, 6.07) is 16.0. The van der Waals surface area contributed by atoms with Crippen molar-refractivity contribution in [3.05, 3.63) is 60.8 Å². The second kappa shape index (κ2) is 4.28. The summed E-state index contributed by atoms with van der Waals surface area (Å²) < 4.78 is 26.6. The zero-order chi connectivity index (χ0) is 13.5. The van der Waals surface area contributed by atoms with E-state index >= 15 is 0 Å². The van der Waals surface area contributed by atoms with Gasteiger partial charge in [0, 0.05) is 6.20 Å². The Hall–Kier alpha value is -2.01. The maximum Gasteiger partial charge on any atom is 0.268 e. The fourth-order valence-electron chi connectivity index (χ4n) is 2.22. The van der Waals surface area contributed by atoms with Crippen molar-refractivity contribution in [2.45, 2.75) is 4.90 Å². The number of benzene rings is 2. The first-order valence-corrected chi connectivity index (χ1v) is 7.42. The number of hydrogen-bond acceptors (Lipinski definition) is 2. The van der Waals surface area contributed by atoms with Gasteiger partial charge in [0.25, 0.3) is 10.0 Å². The molecule has 0 unspecified atom stereocenters. The van der Waals surface area contributed by atoms with Crippen LogP contribution in [0.15, 0.2) is 65.7 Å². The van der Waals surface area contributed by atoms with E-state index in [4.69, 9.17) is 0 Å². The van der Waals surface area contributed by atoms with Gasteiger partial charge < -0.3 is 0 Å². The Kier molecular flexibility index (Phi) is 2.71. The summed E-state index contributed by atoms with van der Waals surface area (Å²) in [7, 11) is -1.61. The van der Waals surface area contributed by atoms with Crippen LogP contribution in [0.25, 0.3) is 10.9 Å². The van der Waals surface area contributed by atoms with Crippen molar-refractivity contribution in [3.8, 4) is 0 Å². The molecule has 1 heterocycles. The minimum atomic E-state index is -3.53. The molecule has 0 spiro atoms. The highest BCUT2D eigenvalue weighted by Gasteiger charge is 2.19. The van der Waals surface area contributed by atoms with Crippen molar-refractivity contribution in [1.29, 1.82) is 0 Å². The van der Waals surface area contributed by atoms with Gasteiger partial charge in [-0.2, -0.15) is 0 Å². The molecular weight excluding hydrogens is 257 g/mol. The fourth-order valence-corrected chi connectivity index (χ4v) is 3.66. The standard InChI is InChI=1S/C14H12BNO2S/c15-13-10-16(14-9-5-4-8-12(13)14)19(17,18)11-6-2-1-3-7-11/h1-10H,15H2. The maximum atomic E-state index is 12.6. The van der Waals surface area contributed by atoms with Crippen molar-refractivity contribution in [1.82, 2.24) is 3.97 Å². The van der Waals surface area contributed by atoms with Crippen LogP contribution < -0.4 is 5.46 Å². The second-order valence-corrected chi connectivity index (χ2v) is 6.26. The topological polar surface area (TPSA) is 39.1 Å². The third-order valence-corrected chi connectivity index (χ3v) is 4.87. The molecule has 3 aromatic rings. The Morgan fingerprint density at radius 2 is 1.53 bits per heavy atom. The van der Waals surface area contributed by atoms with Gasteiger partial charge >= 0.3 is 0 Å². The molecule has 3 nitrogen and oxygen atoms in total. The molecule has 0 aliphatic rings. The lowest BCUT2D eigenvalue weighted by molar-refractivity contribution is 0.589. The Balaban J connectivity index is 2.31. The van der Waals surface area contributed by atoms with Crippen LogP contribution >= 0.6 is 0 Å². The van der Waals surface area contributed by atoms with E-state index in [1.807, 2.05) is 32.1 Å². The number of aromatic nitrogens is 1.